The molecule has 6 heteroatoms. The van der Waals surface area contributed by atoms with Gasteiger partial charge in [-0.1, -0.05) is 6.07 Å². The van der Waals surface area contributed by atoms with Crippen molar-refractivity contribution >= 4 is 11.6 Å². The number of halogens is 3. The van der Waals surface area contributed by atoms with Crippen molar-refractivity contribution in [2.45, 2.75) is 19.0 Å². The lowest BCUT2D eigenvalue weighted by Crippen LogP contribution is -2.39. The van der Waals surface area contributed by atoms with Gasteiger partial charge in [-0.3, -0.25) is 0 Å². The second-order valence-electron chi connectivity index (χ2n) is 4.43. The van der Waals surface area contributed by atoms with Gasteiger partial charge >= 0.3 is 6.18 Å². The molecule has 0 aliphatic carbocycles. The van der Waals surface area contributed by atoms with Crippen LogP contribution in [0.1, 0.15) is 12.8 Å². The maximum Gasteiger partial charge on any atom is 0.391 e. The Hall–Kier alpha value is -1.46. The van der Waals surface area contributed by atoms with Gasteiger partial charge in [0, 0.05) is 20.1 Å². The molecule has 1 aromatic heterocycles. The van der Waals surface area contributed by atoms with Crippen molar-refractivity contribution in [3.05, 3.63) is 18.2 Å². The van der Waals surface area contributed by atoms with Crippen LogP contribution in [0.2, 0.25) is 0 Å². The van der Waals surface area contributed by atoms with Crippen molar-refractivity contribution in [1.82, 2.24) is 4.98 Å². The molecule has 0 atom stereocenters. The van der Waals surface area contributed by atoms with Gasteiger partial charge in [-0.25, -0.2) is 4.98 Å². The van der Waals surface area contributed by atoms with E-state index in [1.807, 2.05) is 23.1 Å². The molecule has 0 spiro atoms. The lowest BCUT2D eigenvalue weighted by atomic mass is 9.96. The second-order valence-corrected chi connectivity index (χ2v) is 4.43. The molecule has 2 heterocycles. The van der Waals surface area contributed by atoms with E-state index in [1.165, 1.54) is 0 Å². The molecule has 1 aliphatic heterocycles. The first-order valence-electron chi connectivity index (χ1n) is 5.97. The highest BCUT2D eigenvalue weighted by atomic mass is 19.4. The number of aromatic nitrogens is 1. The van der Waals surface area contributed by atoms with Gasteiger partial charge in [0.25, 0.3) is 0 Å². The van der Waals surface area contributed by atoms with Gasteiger partial charge in [0.15, 0.2) is 0 Å². The molecule has 2 rings (SSSR count). The molecule has 1 saturated heterocycles. The average Bonchev–Trinajstić information content (AvgIpc) is 2.38. The van der Waals surface area contributed by atoms with Gasteiger partial charge in [-0.2, -0.15) is 13.2 Å². The third kappa shape index (κ3) is 2.86. The van der Waals surface area contributed by atoms with E-state index < -0.39 is 12.1 Å². The SMILES string of the molecule is CNc1cccc(N2CCC(C(F)(F)F)CC2)n1. The molecule has 100 valence electrons. The number of rotatable bonds is 2. The molecule has 3 nitrogen and oxygen atoms in total. The fraction of sp³-hybridized carbons (Fsp3) is 0.583. The van der Waals surface area contributed by atoms with Crippen LogP contribution in [0.5, 0.6) is 0 Å². The van der Waals surface area contributed by atoms with Crippen LogP contribution in [0.15, 0.2) is 18.2 Å². The molecule has 0 amide bonds. The van der Waals surface area contributed by atoms with Crippen LogP contribution >= 0.6 is 0 Å². The Bertz CT molecular complexity index is 398. The Morgan fingerprint density at radius 1 is 1.28 bits per heavy atom. The maximum absolute atomic E-state index is 12.5. The van der Waals surface area contributed by atoms with Crippen LogP contribution in [-0.2, 0) is 0 Å². The standard InChI is InChI=1S/C12H16F3N3/c1-16-10-3-2-4-11(17-10)18-7-5-9(6-8-18)12(13,14)15/h2-4,9H,5-8H2,1H3,(H,16,17). The molecule has 1 aromatic rings. The predicted molar refractivity (Wildman–Crippen MR) is 64.8 cm³/mol. The first kappa shape index (κ1) is 13.0. The molecule has 1 aliphatic rings. The van der Waals surface area contributed by atoms with Crippen LogP contribution in [0.4, 0.5) is 24.8 Å². The highest BCUT2D eigenvalue weighted by Gasteiger charge is 2.41. The van der Waals surface area contributed by atoms with E-state index in [9.17, 15) is 13.2 Å². The summed E-state index contributed by atoms with van der Waals surface area (Å²) in [6, 6.07) is 5.50. The summed E-state index contributed by atoms with van der Waals surface area (Å²) >= 11 is 0. The number of nitrogens with zero attached hydrogens (tertiary/aromatic N) is 2. The molecule has 0 aromatic carbocycles. The van der Waals surface area contributed by atoms with Crippen LogP contribution in [0.25, 0.3) is 0 Å². The van der Waals surface area contributed by atoms with Gasteiger partial charge < -0.3 is 10.2 Å². The number of piperidine rings is 1. The third-order valence-corrected chi connectivity index (χ3v) is 3.27. The molecule has 18 heavy (non-hydrogen) atoms. The summed E-state index contributed by atoms with van der Waals surface area (Å²) < 4.78 is 37.6. The zero-order valence-corrected chi connectivity index (χ0v) is 10.2. The average molecular weight is 259 g/mol. The zero-order chi connectivity index (χ0) is 13.2. The van der Waals surface area contributed by atoms with Crippen molar-refractivity contribution in [3.8, 4) is 0 Å². The van der Waals surface area contributed by atoms with E-state index >= 15 is 0 Å². The molecular weight excluding hydrogens is 243 g/mol. The van der Waals surface area contributed by atoms with E-state index in [1.54, 1.807) is 7.05 Å². The Balaban J connectivity index is 2.01. The van der Waals surface area contributed by atoms with Crippen molar-refractivity contribution in [2.75, 3.05) is 30.4 Å². The molecule has 0 unspecified atom stereocenters. The van der Waals surface area contributed by atoms with E-state index in [0.717, 1.165) is 11.6 Å². The van der Waals surface area contributed by atoms with Gasteiger partial charge in [0.1, 0.15) is 11.6 Å². The Kier molecular flexibility index (Phi) is 3.63. The van der Waals surface area contributed by atoms with Crippen LogP contribution in [0, 0.1) is 5.92 Å². The van der Waals surface area contributed by atoms with Crippen molar-refractivity contribution in [3.63, 3.8) is 0 Å². The number of pyridine rings is 1. The summed E-state index contributed by atoms with van der Waals surface area (Å²) in [6.45, 7) is 0.814. The van der Waals surface area contributed by atoms with Crippen LogP contribution < -0.4 is 10.2 Å². The molecule has 1 fully saturated rings. The minimum absolute atomic E-state index is 0.148. The Morgan fingerprint density at radius 3 is 2.50 bits per heavy atom. The Labute approximate surface area is 104 Å². The molecular formula is C12H16F3N3. The second kappa shape index (κ2) is 5.04. The van der Waals surface area contributed by atoms with Crippen LogP contribution in [0.3, 0.4) is 0 Å². The number of hydrogen-bond acceptors (Lipinski definition) is 3. The number of hydrogen-bond donors (Lipinski definition) is 1. The van der Waals surface area contributed by atoms with Gasteiger partial charge in [0.2, 0.25) is 0 Å². The summed E-state index contributed by atoms with van der Waals surface area (Å²) in [5, 5.41) is 2.92. The fourth-order valence-corrected chi connectivity index (χ4v) is 2.17. The number of anilines is 2. The first-order valence-corrected chi connectivity index (χ1v) is 5.97. The Morgan fingerprint density at radius 2 is 1.94 bits per heavy atom. The smallest absolute Gasteiger partial charge is 0.373 e. The monoisotopic (exact) mass is 259 g/mol. The summed E-state index contributed by atoms with van der Waals surface area (Å²) in [5.74, 6) is 0.300. The zero-order valence-electron chi connectivity index (χ0n) is 10.2. The fourth-order valence-electron chi connectivity index (χ4n) is 2.17. The lowest BCUT2D eigenvalue weighted by Gasteiger charge is -2.33. The highest BCUT2D eigenvalue weighted by Crippen LogP contribution is 2.35. The molecule has 0 bridgehead atoms. The van der Waals surface area contributed by atoms with Gasteiger partial charge in [0.05, 0.1) is 5.92 Å². The minimum Gasteiger partial charge on any atom is -0.373 e. The van der Waals surface area contributed by atoms with Gasteiger partial charge in [-0.15, -0.1) is 0 Å². The van der Waals surface area contributed by atoms with E-state index in [4.69, 9.17) is 0 Å². The number of alkyl halides is 3. The number of nitrogens with one attached hydrogen (secondary N) is 1. The van der Waals surface area contributed by atoms with Crippen molar-refractivity contribution in [1.29, 1.82) is 0 Å². The van der Waals surface area contributed by atoms with Crippen molar-refractivity contribution in [2.24, 2.45) is 5.92 Å². The largest absolute Gasteiger partial charge is 0.391 e. The van der Waals surface area contributed by atoms with E-state index in [0.29, 0.717) is 13.1 Å². The first-order chi connectivity index (χ1) is 8.50. The lowest BCUT2D eigenvalue weighted by molar-refractivity contribution is -0.179. The molecule has 1 N–H and O–H groups in total. The predicted octanol–water partition coefficient (Wildman–Crippen LogP) is 2.90. The maximum atomic E-state index is 12.5. The van der Waals surface area contributed by atoms with E-state index in [2.05, 4.69) is 10.3 Å². The quantitative estimate of drug-likeness (QED) is 0.885. The van der Waals surface area contributed by atoms with Crippen LogP contribution in [-0.4, -0.2) is 31.3 Å². The molecule has 0 radical (unpaired) electrons. The summed E-state index contributed by atoms with van der Waals surface area (Å²) in [6.07, 6.45) is -3.77. The summed E-state index contributed by atoms with van der Waals surface area (Å²) in [5.41, 5.74) is 0. The minimum atomic E-state index is -4.06. The summed E-state index contributed by atoms with van der Waals surface area (Å²) in [7, 11) is 1.77. The normalized spacial score (nSPS) is 17.9. The highest BCUT2D eigenvalue weighted by molar-refractivity contribution is 5.46. The topological polar surface area (TPSA) is 28.2 Å². The third-order valence-electron chi connectivity index (χ3n) is 3.27. The van der Waals surface area contributed by atoms with E-state index in [-0.39, 0.29) is 12.8 Å². The van der Waals surface area contributed by atoms with Gasteiger partial charge in [-0.05, 0) is 25.0 Å². The molecule has 0 saturated carbocycles. The summed E-state index contributed by atoms with van der Waals surface area (Å²) in [4.78, 5) is 6.24. The van der Waals surface area contributed by atoms with Crippen molar-refractivity contribution < 1.29 is 13.2 Å².